The molecule has 172 valence electrons. The molecule has 12 heteroatoms. The summed E-state index contributed by atoms with van der Waals surface area (Å²) in [5.41, 5.74) is -1.53. The van der Waals surface area contributed by atoms with E-state index < -0.39 is 54.8 Å². The molecule has 3 aromatic rings. The highest BCUT2D eigenvalue weighted by Gasteiger charge is 2.27. The van der Waals surface area contributed by atoms with Gasteiger partial charge in [-0.3, -0.25) is 4.72 Å². The molecule has 7 nitrogen and oxygen atoms in total. The van der Waals surface area contributed by atoms with Crippen LogP contribution >= 0.6 is 11.6 Å². The van der Waals surface area contributed by atoms with Crippen LogP contribution in [0.5, 0.6) is 11.5 Å². The van der Waals surface area contributed by atoms with Crippen molar-refractivity contribution in [3.8, 4) is 22.6 Å². The zero-order valence-corrected chi connectivity index (χ0v) is 17.9. The number of hydrogen-bond acceptors (Lipinski definition) is 6. The predicted octanol–water partition coefficient (Wildman–Crippen LogP) is 4.48. The van der Waals surface area contributed by atoms with Crippen molar-refractivity contribution in [1.82, 2.24) is 0 Å². The molecule has 4 bridgehead atoms. The van der Waals surface area contributed by atoms with Crippen molar-refractivity contribution in [2.75, 3.05) is 17.9 Å². The van der Waals surface area contributed by atoms with E-state index in [1.165, 1.54) is 6.07 Å². The number of nitrogens with one attached hydrogen (secondary N) is 1. The van der Waals surface area contributed by atoms with Gasteiger partial charge in [0.15, 0.2) is 5.75 Å². The van der Waals surface area contributed by atoms with Crippen molar-refractivity contribution in [2.24, 2.45) is 0 Å². The molecule has 0 amide bonds. The fourth-order valence-corrected chi connectivity index (χ4v) is 4.62. The smallest absolute Gasteiger partial charge is 0.338 e. The first-order valence-electron chi connectivity index (χ1n) is 9.21. The third kappa shape index (κ3) is 4.41. The monoisotopic (exact) mass is 499 g/mol. The molecule has 0 fully saturated rings. The summed E-state index contributed by atoms with van der Waals surface area (Å²) in [5.74, 6) is -5.07. The maximum atomic E-state index is 14.6. The van der Waals surface area contributed by atoms with Crippen molar-refractivity contribution in [3.63, 3.8) is 0 Å². The number of halogens is 4. The first-order chi connectivity index (χ1) is 15.6. The normalized spacial score (nSPS) is 15.2. The second-order valence-corrected chi connectivity index (χ2v) is 8.91. The summed E-state index contributed by atoms with van der Waals surface area (Å²) in [5, 5.41) is 9.68. The fourth-order valence-electron chi connectivity index (χ4n) is 3.14. The van der Waals surface area contributed by atoms with Gasteiger partial charge in [-0.15, -0.1) is 0 Å². The number of hydrogen-bond donors (Lipinski definition) is 2. The predicted molar refractivity (Wildman–Crippen MR) is 111 cm³/mol. The van der Waals surface area contributed by atoms with Crippen LogP contribution in [-0.2, 0) is 14.8 Å². The summed E-state index contributed by atoms with van der Waals surface area (Å²) >= 11 is 5.86. The number of benzene rings is 3. The second kappa shape index (κ2) is 8.49. The number of rotatable bonds is 0. The molecule has 0 saturated carbocycles. The van der Waals surface area contributed by atoms with Crippen LogP contribution in [0.25, 0.3) is 11.1 Å². The number of anilines is 1. The van der Waals surface area contributed by atoms with Crippen LogP contribution in [0.1, 0.15) is 10.4 Å². The molecule has 0 atom stereocenters. The standard InChI is InChI=1S/C21H13ClF3NO6S/c22-14-5-10-6-19(20(14)27)33(29,30)26-17-8-12(15(24)9-16(17)25)13-7-11(23)1-2-18(13)31-3-4-32-21(10)28/h1-2,5-9,26-27H,3-4H2. The largest absolute Gasteiger partial charge is 0.505 e. The molecule has 33 heavy (non-hydrogen) atoms. The molecule has 1 heterocycles. The van der Waals surface area contributed by atoms with E-state index in [1.807, 2.05) is 4.72 Å². The number of phenolic OH excluding ortho intramolecular Hbond substituents is 1. The van der Waals surface area contributed by atoms with E-state index in [9.17, 15) is 31.5 Å². The molecule has 0 aliphatic carbocycles. The summed E-state index contributed by atoms with van der Waals surface area (Å²) in [7, 11) is -4.73. The van der Waals surface area contributed by atoms with Gasteiger partial charge in [0.25, 0.3) is 10.0 Å². The SMILES string of the molecule is O=C1OCCOc2ccc(F)cc2-c2cc(c(F)cc2F)NS(=O)(=O)c2cc1cc(Cl)c2O. The Balaban J connectivity index is 1.95. The van der Waals surface area contributed by atoms with Crippen LogP contribution in [0, 0.1) is 17.5 Å². The molecule has 3 aromatic carbocycles. The Morgan fingerprint density at radius 1 is 0.939 bits per heavy atom. The molecule has 1 aliphatic rings. The van der Waals surface area contributed by atoms with Crippen LogP contribution < -0.4 is 9.46 Å². The number of carbonyl (C=O) groups is 1. The number of phenols is 1. The van der Waals surface area contributed by atoms with Crippen molar-refractivity contribution in [3.05, 3.63) is 70.5 Å². The lowest BCUT2D eigenvalue weighted by atomic mass is 10.0. The summed E-state index contributed by atoms with van der Waals surface area (Å²) in [6.45, 7) is -0.541. The Labute approximate surface area is 190 Å². The minimum absolute atomic E-state index is 0.0251. The van der Waals surface area contributed by atoms with Crippen LogP contribution in [0.2, 0.25) is 5.02 Å². The Kier molecular flexibility index (Phi) is 5.85. The molecule has 0 radical (unpaired) electrons. The molecule has 0 spiro atoms. The highest BCUT2D eigenvalue weighted by atomic mass is 35.5. The number of aromatic hydroxyl groups is 1. The summed E-state index contributed by atoms with van der Waals surface area (Å²) < 4.78 is 81.2. The van der Waals surface area contributed by atoms with E-state index in [2.05, 4.69) is 0 Å². The van der Waals surface area contributed by atoms with Gasteiger partial charge in [-0.1, -0.05) is 11.6 Å². The van der Waals surface area contributed by atoms with Gasteiger partial charge in [0.2, 0.25) is 0 Å². The van der Waals surface area contributed by atoms with Crippen LogP contribution in [-0.4, -0.2) is 32.7 Å². The molecule has 0 saturated heterocycles. The maximum Gasteiger partial charge on any atom is 0.338 e. The molecule has 1 aliphatic heterocycles. The van der Waals surface area contributed by atoms with Gasteiger partial charge in [0.1, 0.15) is 41.3 Å². The van der Waals surface area contributed by atoms with E-state index in [1.54, 1.807) is 0 Å². The quantitative estimate of drug-likeness (QED) is 0.442. The number of esters is 1. The lowest BCUT2D eigenvalue weighted by Gasteiger charge is -2.15. The number of carbonyl (C=O) groups excluding carboxylic acids is 1. The van der Waals surface area contributed by atoms with Crippen molar-refractivity contribution in [1.29, 1.82) is 0 Å². The van der Waals surface area contributed by atoms with Gasteiger partial charge in [-0.2, -0.15) is 0 Å². The minimum Gasteiger partial charge on any atom is -0.505 e. The zero-order valence-electron chi connectivity index (χ0n) is 16.4. The van der Waals surface area contributed by atoms with Gasteiger partial charge < -0.3 is 14.6 Å². The Bertz CT molecular complexity index is 1400. The molecule has 0 unspecified atom stereocenters. The van der Waals surface area contributed by atoms with Crippen molar-refractivity contribution >= 4 is 33.3 Å². The Morgan fingerprint density at radius 2 is 1.67 bits per heavy atom. The number of fused-ring (bicyclic) bond motifs is 6. The van der Waals surface area contributed by atoms with Gasteiger partial charge >= 0.3 is 5.97 Å². The zero-order chi connectivity index (χ0) is 23.9. The first-order valence-corrected chi connectivity index (χ1v) is 11.1. The topological polar surface area (TPSA) is 102 Å². The molecule has 0 aromatic heterocycles. The van der Waals surface area contributed by atoms with E-state index in [0.29, 0.717) is 6.07 Å². The molecular weight excluding hydrogens is 487 g/mol. The molecular formula is C21H13ClF3NO6S. The van der Waals surface area contributed by atoms with E-state index in [4.69, 9.17) is 21.1 Å². The summed E-state index contributed by atoms with van der Waals surface area (Å²) in [6, 6.07) is 6.16. The van der Waals surface area contributed by atoms with Crippen LogP contribution in [0.15, 0.2) is 47.4 Å². The van der Waals surface area contributed by atoms with Gasteiger partial charge in [0.05, 0.1) is 16.3 Å². The average molecular weight is 500 g/mol. The highest BCUT2D eigenvalue weighted by molar-refractivity contribution is 7.92. The van der Waals surface area contributed by atoms with Gasteiger partial charge in [-0.25, -0.2) is 26.4 Å². The number of cyclic esters (lactones) is 1. The number of ether oxygens (including phenoxy) is 2. The van der Waals surface area contributed by atoms with Gasteiger partial charge in [0, 0.05) is 17.2 Å². The maximum absolute atomic E-state index is 14.6. The van der Waals surface area contributed by atoms with Crippen molar-refractivity contribution < 1.29 is 41.0 Å². The van der Waals surface area contributed by atoms with Crippen LogP contribution in [0.4, 0.5) is 18.9 Å². The lowest BCUT2D eigenvalue weighted by molar-refractivity contribution is 0.0450. The minimum atomic E-state index is -4.73. The Hall–Kier alpha value is -3.44. The van der Waals surface area contributed by atoms with E-state index in [0.717, 1.165) is 30.3 Å². The van der Waals surface area contributed by atoms with Crippen molar-refractivity contribution in [2.45, 2.75) is 4.90 Å². The van der Waals surface area contributed by atoms with Crippen LogP contribution in [0.3, 0.4) is 0 Å². The van der Waals surface area contributed by atoms with Gasteiger partial charge in [-0.05, 0) is 36.4 Å². The molecule has 2 N–H and O–H groups in total. The first kappa shape index (κ1) is 22.7. The summed E-state index contributed by atoms with van der Waals surface area (Å²) in [6.07, 6.45) is 0. The molecule has 4 rings (SSSR count). The average Bonchev–Trinajstić information content (AvgIpc) is 2.75. The Morgan fingerprint density at radius 3 is 2.42 bits per heavy atom. The highest BCUT2D eigenvalue weighted by Crippen LogP contribution is 2.38. The third-order valence-electron chi connectivity index (χ3n) is 4.66. The second-order valence-electron chi connectivity index (χ2n) is 6.85. The van der Waals surface area contributed by atoms with E-state index in [-0.39, 0.29) is 35.7 Å². The third-order valence-corrected chi connectivity index (χ3v) is 6.33. The number of sulfonamides is 1. The summed E-state index contributed by atoms with van der Waals surface area (Å²) in [4.78, 5) is 11.5. The van der Waals surface area contributed by atoms with E-state index >= 15 is 0 Å². The fraction of sp³-hybridized carbons (Fsp3) is 0.0952. The lowest BCUT2D eigenvalue weighted by Crippen LogP contribution is -2.16.